The maximum Gasteiger partial charge on any atom is 0.0390 e. The minimum atomic E-state index is 0.244. The van der Waals surface area contributed by atoms with Crippen molar-refractivity contribution in [2.24, 2.45) is 28.9 Å². The summed E-state index contributed by atoms with van der Waals surface area (Å²) in [4.78, 5) is 0. The summed E-state index contributed by atoms with van der Waals surface area (Å²) in [5, 5.41) is 3.58. The zero-order valence-corrected chi connectivity index (χ0v) is 13.2. The smallest absolute Gasteiger partial charge is 0.0390 e. The molecule has 2 N–H and O–H groups in total. The summed E-state index contributed by atoms with van der Waals surface area (Å²) in [7, 11) is 0. The number of rotatable bonds is 2. The van der Waals surface area contributed by atoms with E-state index >= 15 is 0 Å². The zero-order valence-electron chi connectivity index (χ0n) is 12.4. The van der Waals surface area contributed by atoms with Crippen molar-refractivity contribution in [2.45, 2.75) is 44.6 Å². The lowest BCUT2D eigenvalue weighted by Crippen LogP contribution is -2.50. The van der Waals surface area contributed by atoms with Gasteiger partial charge in [-0.1, -0.05) is 18.2 Å². The first-order chi connectivity index (χ1) is 10.2. The molecule has 4 fully saturated rings. The summed E-state index contributed by atoms with van der Waals surface area (Å²) >= 11 is 1.87. The van der Waals surface area contributed by atoms with Gasteiger partial charge in [-0.3, -0.25) is 0 Å². The molecule has 4 aliphatic carbocycles. The highest BCUT2D eigenvalue weighted by molar-refractivity contribution is 7.17. The van der Waals surface area contributed by atoms with Gasteiger partial charge in [-0.25, -0.2) is 0 Å². The molecule has 0 radical (unpaired) electrons. The van der Waals surface area contributed by atoms with Crippen LogP contribution >= 0.6 is 11.3 Å². The Bertz CT molecular complexity index is 650. The summed E-state index contributed by atoms with van der Waals surface area (Å²) in [6.07, 6.45) is 8.66. The van der Waals surface area contributed by atoms with E-state index in [0.717, 1.165) is 17.8 Å². The van der Waals surface area contributed by atoms with Crippen molar-refractivity contribution in [2.75, 3.05) is 0 Å². The van der Waals surface area contributed by atoms with E-state index < -0.39 is 0 Å². The highest BCUT2D eigenvalue weighted by Gasteiger charge is 2.53. The van der Waals surface area contributed by atoms with Gasteiger partial charge >= 0.3 is 0 Å². The van der Waals surface area contributed by atoms with Gasteiger partial charge in [-0.05, 0) is 84.1 Å². The van der Waals surface area contributed by atoms with Crippen LogP contribution in [0.1, 0.15) is 50.1 Å². The molecule has 21 heavy (non-hydrogen) atoms. The fraction of sp³-hybridized carbons (Fsp3) is 0.579. The topological polar surface area (TPSA) is 26.0 Å². The summed E-state index contributed by atoms with van der Waals surface area (Å²) in [5.74, 6) is 2.93. The molecule has 0 amide bonds. The van der Waals surface area contributed by atoms with Gasteiger partial charge in [-0.15, -0.1) is 11.3 Å². The van der Waals surface area contributed by atoms with Gasteiger partial charge in [0.05, 0.1) is 0 Å². The maximum atomic E-state index is 6.93. The van der Waals surface area contributed by atoms with Crippen molar-refractivity contribution in [3.63, 3.8) is 0 Å². The molecule has 4 saturated carbocycles. The van der Waals surface area contributed by atoms with Crippen molar-refractivity contribution >= 4 is 21.4 Å². The highest BCUT2D eigenvalue weighted by Crippen LogP contribution is 2.63. The number of hydrogen-bond acceptors (Lipinski definition) is 2. The average Bonchev–Trinajstić information content (AvgIpc) is 2.93. The Kier molecular flexibility index (Phi) is 2.61. The molecule has 0 aliphatic heterocycles. The molecular weight excluding hydrogens is 274 g/mol. The first-order valence-electron chi connectivity index (χ1n) is 8.45. The molecule has 0 spiro atoms. The molecule has 110 valence electrons. The first-order valence-corrected chi connectivity index (χ1v) is 9.33. The molecule has 1 aromatic heterocycles. The van der Waals surface area contributed by atoms with E-state index in [4.69, 9.17) is 5.73 Å². The van der Waals surface area contributed by atoms with Crippen LogP contribution in [0, 0.1) is 23.2 Å². The van der Waals surface area contributed by atoms with E-state index in [2.05, 4.69) is 29.6 Å². The molecule has 1 atom stereocenters. The van der Waals surface area contributed by atoms with Gasteiger partial charge in [0.15, 0.2) is 0 Å². The second-order valence-electron chi connectivity index (χ2n) is 7.94. The lowest BCUT2D eigenvalue weighted by atomic mass is 9.47. The molecular formula is C19H23NS. The Balaban J connectivity index is 1.59. The van der Waals surface area contributed by atoms with E-state index in [0.29, 0.717) is 5.41 Å². The molecule has 1 nitrogen and oxygen atoms in total. The minimum absolute atomic E-state index is 0.244. The maximum absolute atomic E-state index is 6.93. The molecule has 2 aromatic rings. The Morgan fingerprint density at radius 1 is 1.00 bits per heavy atom. The van der Waals surface area contributed by atoms with Crippen LogP contribution in [0.25, 0.3) is 10.1 Å². The molecule has 1 aromatic carbocycles. The Labute approximate surface area is 130 Å². The van der Waals surface area contributed by atoms with E-state index in [-0.39, 0.29) is 6.04 Å². The quantitative estimate of drug-likeness (QED) is 0.818. The lowest BCUT2D eigenvalue weighted by Gasteiger charge is -2.59. The second-order valence-corrected chi connectivity index (χ2v) is 8.86. The van der Waals surface area contributed by atoms with Crippen LogP contribution in [0.15, 0.2) is 29.6 Å². The number of fused-ring (bicyclic) bond motifs is 1. The van der Waals surface area contributed by atoms with E-state index in [9.17, 15) is 0 Å². The van der Waals surface area contributed by atoms with Gasteiger partial charge in [0.2, 0.25) is 0 Å². The molecule has 0 saturated heterocycles. The van der Waals surface area contributed by atoms with Crippen LogP contribution in [0.2, 0.25) is 0 Å². The van der Waals surface area contributed by atoms with E-state index in [1.165, 1.54) is 54.2 Å². The summed E-state index contributed by atoms with van der Waals surface area (Å²) in [6, 6.07) is 9.19. The van der Waals surface area contributed by atoms with E-state index in [1.54, 1.807) is 0 Å². The molecule has 1 unspecified atom stereocenters. The van der Waals surface area contributed by atoms with Crippen molar-refractivity contribution in [3.8, 4) is 0 Å². The third kappa shape index (κ3) is 1.78. The normalized spacial score (nSPS) is 39.0. The lowest BCUT2D eigenvalue weighted by molar-refractivity contribution is -0.0675. The standard InChI is InChI=1S/C19H23NS/c20-18(16-3-1-2-15-4-5-21-17(15)16)19-9-12-6-13(10-19)8-14(7-12)11-19/h1-5,12-14,18H,6-11,20H2. The Morgan fingerprint density at radius 2 is 1.67 bits per heavy atom. The van der Waals surface area contributed by atoms with Gasteiger partial charge in [-0.2, -0.15) is 0 Å². The van der Waals surface area contributed by atoms with Gasteiger partial charge in [0, 0.05) is 10.7 Å². The average molecular weight is 297 g/mol. The largest absolute Gasteiger partial charge is 0.323 e. The van der Waals surface area contributed by atoms with Gasteiger partial charge in [0.1, 0.15) is 0 Å². The fourth-order valence-corrected chi connectivity index (χ4v) is 7.10. The predicted octanol–water partition coefficient (Wildman–Crippen LogP) is 5.12. The third-order valence-corrected chi connectivity index (χ3v) is 7.57. The van der Waals surface area contributed by atoms with Crippen molar-refractivity contribution in [1.29, 1.82) is 0 Å². The molecule has 4 aliphatic rings. The van der Waals surface area contributed by atoms with Crippen LogP contribution in [-0.2, 0) is 0 Å². The van der Waals surface area contributed by atoms with Crippen LogP contribution in [0.3, 0.4) is 0 Å². The summed E-state index contributed by atoms with van der Waals surface area (Å²) in [6.45, 7) is 0. The Morgan fingerprint density at radius 3 is 2.33 bits per heavy atom. The van der Waals surface area contributed by atoms with Crippen molar-refractivity contribution < 1.29 is 0 Å². The molecule has 6 rings (SSSR count). The SMILES string of the molecule is NC(c1cccc2ccsc12)C12CC3CC(CC(C3)C1)C2. The summed E-state index contributed by atoms with van der Waals surface area (Å²) in [5.41, 5.74) is 8.76. The monoisotopic (exact) mass is 297 g/mol. The third-order valence-electron chi connectivity index (χ3n) is 6.59. The minimum Gasteiger partial charge on any atom is -0.323 e. The predicted molar refractivity (Wildman–Crippen MR) is 89.4 cm³/mol. The summed E-state index contributed by atoms with van der Waals surface area (Å²) < 4.78 is 1.43. The number of thiophene rings is 1. The van der Waals surface area contributed by atoms with Gasteiger partial charge < -0.3 is 5.73 Å². The fourth-order valence-electron chi connectivity index (χ4n) is 6.15. The van der Waals surface area contributed by atoms with Crippen molar-refractivity contribution in [3.05, 3.63) is 35.2 Å². The Hall–Kier alpha value is -0.860. The molecule has 1 heterocycles. The van der Waals surface area contributed by atoms with Crippen LogP contribution < -0.4 is 5.73 Å². The molecule has 4 bridgehead atoms. The first kappa shape index (κ1) is 12.7. The van der Waals surface area contributed by atoms with Crippen LogP contribution in [0.5, 0.6) is 0 Å². The molecule has 2 heteroatoms. The van der Waals surface area contributed by atoms with Gasteiger partial charge in [0.25, 0.3) is 0 Å². The van der Waals surface area contributed by atoms with Crippen molar-refractivity contribution in [1.82, 2.24) is 0 Å². The van der Waals surface area contributed by atoms with E-state index in [1.807, 2.05) is 11.3 Å². The van der Waals surface area contributed by atoms with Crippen LogP contribution in [0.4, 0.5) is 0 Å². The highest BCUT2D eigenvalue weighted by atomic mass is 32.1. The number of benzene rings is 1. The van der Waals surface area contributed by atoms with Crippen LogP contribution in [-0.4, -0.2) is 0 Å². The number of nitrogens with two attached hydrogens (primary N) is 1. The zero-order chi connectivity index (χ0) is 14.0. The number of hydrogen-bond donors (Lipinski definition) is 1. The second kappa shape index (κ2) is 4.33.